The van der Waals surface area contributed by atoms with E-state index < -0.39 is 17.6 Å². The fraction of sp³-hybridized carbons (Fsp3) is 0.600. The van der Waals surface area contributed by atoms with Crippen LogP contribution in [0.5, 0.6) is 0 Å². The first-order chi connectivity index (χ1) is 9.41. The van der Waals surface area contributed by atoms with Gasteiger partial charge in [-0.15, -0.1) is 0 Å². The monoisotopic (exact) mass is 289 g/mol. The number of nitrogens with one attached hydrogen (secondary N) is 1. The van der Waals surface area contributed by atoms with Crippen molar-refractivity contribution in [2.75, 3.05) is 6.54 Å². The van der Waals surface area contributed by atoms with E-state index in [0.717, 1.165) is 44.4 Å². The van der Waals surface area contributed by atoms with E-state index in [-0.39, 0.29) is 5.92 Å². The van der Waals surface area contributed by atoms with Crippen molar-refractivity contribution < 1.29 is 17.6 Å². The fourth-order valence-corrected chi connectivity index (χ4v) is 2.83. The molecule has 0 heterocycles. The van der Waals surface area contributed by atoms with Crippen LogP contribution in [0, 0.1) is 5.82 Å². The summed E-state index contributed by atoms with van der Waals surface area (Å²) in [6, 6.07) is 3.75. The molecule has 1 fully saturated rings. The number of hydrogen-bond acceptors (Lipinski definition) is 1. The Bertz CT molecular complexity index is 456. The second-order valence-corrected chi connectivity index (χ2v) is 5.40. The van der Waals surface area contributed by atoms with E-state index in [9.17, 15) is 17.6 Å². The van der Waals surface area contributed by atoms with E-state index in [0.29, 0.717) is 11.6 Å². The summed E-state index contributed by atoms with van der Waals surface area (Å²) in [5.74, 6) is -1.11. The van der Waals surface area contributed by atoms with Crippen molar-refractivity contribution >= 4 is 0 Å². The zero-order valence-corrected chi connectivity index (χ0v) is 11.4. The topological polar surface area (TPSA) is 12.0 Å². The average molecular weight is 289 g/mol. The lowest BCUT2D eigenvalue weighted by molar-refractivity contribution is -0.140. The number of benzene rings is 1. The van der Waals surface area contributed by atoms with Crippen molar-refractivity contribution in [3.05, 3.63) is 35.1 Å². The summed E-state index contributed by atoms with van der Waals surface area (Å²) in [5.41, 5.74) is -0.556. The maximum atomic E-state index is 13.3. The minimum Gasteiger partial charge on any atom is -0.314 e. The van der Waals surface area contributed by atoms with Gasteiger partial charge in [-0.2, -0.15) is 13.2 Å². The normalized spacial score (nSPS) is 23.2. The zero-order valence-electron chi connectivity index (χ0n) is 11.4. The van der Waals surface area contributed by atoms with Gasteiger partial charge >= 0.3 is 6.18 Å². The van der Waals surface area contributed by atoms with Crippen molar-refractivity contribution in [2.45, 2.75) is 50.7 Å². The molecule has 20 heavy (non-hydrogen) atoms. The van der Waals surface area contributed by atoms with Crippen molar-refractivity contribution in [1.82, 2.24) is 5.32 Å². The van der Waals surface area contributed by atoms with Gasteiger partial charge in [0.2, 0.25) is 0 Å². The Labute approximate surface area is 116 Å². The molecular formula is C15H19F4N. The SMILES string of the molecule is CCCNC1CCC(c2ccc(F)c(C(F)(F)F)c2)C1. The molecule has 1 aliphatic rings. The number of alkyl halides is 3. The lowest BCUT2D eigenvalue weighted by atomic mass is 9.95. The van der Waals surface area contributed by atoms with Gasteiger partial charge in [0.25, 0.3) is 0 Å². The standard InChI is InChI=1S/C15H19F4N/c1-2-7-20-12-5-3-10(8-12)11-4-6-14(16)13(9-11)15(17,18)19/h4,6,9-10,12,20H,2-3,5,7-8H2,1H3. The van der Waals surface area contributed by atoms with Gasteiger partial charge in [0.1, 0.15) is 5.82 Å². The Kier molecular flexibility index (Phi) is 4.68. The first-order valence-corrected chi connectivity index (χ1v) is 7.01. The van der Waals surface area contributed by atoms with Crippen molar-refractivity contribution in [3.63, 3.8) is 0 Å². The van der Waals surface area contributed by atoms with Crippen LogP contribution >= 0.6 is 0 Å². The van der Waals surface area contributed by atoms with Crippen LogP contribution in [-0.4, -0.2) is 12.6 Å². The Morgan fingerprint density at radius 2 is 2.00 bits per heavy atom. The summed E-state index contributed by atoms with van der Waals surface area (Å²) in [5, 5.41) is 3.39. The zero-order chi connectivity index (χ0) is 14.8. The molecule has 2 atom stereocenters. The third kappa shape index (κ3) is 3.51. The highest BCUT2D eigenvalue weighted by molar-refractivity contribution is 5.30. The predicted molar refractivity (Wildman–Crippen MR) is 70.1 cm³/mol. The molecule has 2 rings (SSSR count). The van der Waals surface area contributed by atoms with E-state index in [1.165, 1.54) is 6.07 Å². The third-order valence-corrected chi connectivity index (χ3v) is 3.88. The van der Waals surface area contributed by atoms with Crippen LogP contribution in [0.25, 0.3) is 0 Å². The van der Waals surface area contributed by atoms with Gasteiger partial charge in [-0.25, -0.2) is 4.39 Å². The van der Waals surface area contributed by atoms with E-state index in [1.54, 1.807) is 0 Å². The molecule has 1 aromatic rings. The van der Waals surface area contributed by atoms with Crippen LogP contribution in [0.3, 0.4) is 0 Å². The molecule has 1 nitrogen and oxygen atoms in total. The highest BCUT2D eigenvalue weighted by atomic mass is 19.4. The Balaban J connectivity index is 2.11. The highest BCUT2D eigenvalue weighted by Crippen LogP contribution is 2.38. The highest BCUT2D eigenvalue weighted by Gasteiger charge is 2.35. The summed E-state index contributed by atoms with van der Waals surface area (Å²) < 4.78 is 51.4. The van der Waals surface area contributed by atoms with Gasteiger partial charge in [0.05, 0.1) is 5.56 Å². The summed E-state index contributed by atoms with van der Waals surface area (Å²) in [6.07, 6.45) is -0.953. The Hall–Kier alpha value is -1.10. The third-order valence-electron chi connectivity index (χ3n) is 3.88. The van der Waals surface area contributed by atoms with Crippen LogP contribution in [0.1, 0.15) is 49.7 Å². The molecule has 0 bridgehead atoms. The molecule has 1 saturated carbocycles. The Morgan fingerprint density at radius 3 is 2.65 bits per heavy atom. The minimum atomic E-state index is -4.63. The summed E-state index contributed by atoms with van der Waals surface area (Å²) in [4.78, 5) is 0. The van der Waals surface area contributed by atoms with Crippen molar-refractivity contribution in [3.8, 4) is 0 Å². The molecule has 0 spiro atoms. The van der Waals surface area contributed by atoms with E-state index >= 15 is 0 Å². The summed E-state index contributed by atoms with van der Waals surface area (Å²) in [6.45, 7) is 3.00. The van der Waals surface area contributed by atoms with Crippen LogP contribution < -0.4 is 5.32 Å². The van der Waals surface area contributed by atoms with Crippen molar-refractivity contribution in [2.24, 2.45) is 0 Å². The lowest BCUT2D eigenvalue weighted by Gasteiger charge is -2.15. The summed E-state index contributed by atoms with van der Waals surface area (Å²) in [7, 11) is 0. The number of hydrogen-bond donors (Lipinski definition) is 1. The first-order valence-electron chi connectivity index (χ1n) is 7.01. The van der Waals surface area contributed by atoms with Gasteiger partial charge in [-0.1, -0.05) is 13.0 Å². The lowest BCUT2D eigenvalue weighted by Crippen LogP contribution is -2.26. The van der Waals surface area contributed by atoms with Crippen LogP contribution in [-0.2, 0) is 6.18 Å². The predicted octanol–water partition coefficient (Wildman–Crippen LogP) is 4.48. The second-order valence-electron chi connectivity index (χ2n) is 5.40. The minimum absolute atomic E-state index is 0.0889. The molecule has 0 amide bonds. The van der Waals surface area contributed by atoms with E-state index in [1.807, 2.05) is 0 Å². The molecule has 1 N–H and O–H groups in total. The van der Waals surface area contributed by atoms with Gasteiger partial charge in [-0.3, -0.25) is 0 Å². The van der Waals surface area contributed by atoms with Gasteiger partial charge in [0.15, 0.2) is 0 Å². The molecule has 1 aromatic carbocycles. The quantitative estimate of drug-likeness (QED) is 0.806. The molecule has 5 heteroatoms. The Morgan fingerprint density at radius 1 is 1.25 bits per heavy atom. The molecular weight excluding hydrogens is 270 g/mol. The molecule has 0 aliphatic heterocycles. The van der Waals surface area contributed by atoms with Crippen LogP contribution in [0.4, 0.5) is 17.6 Å². The van der Waals surface area contributed by atoms with Crippen molar-refractivity contribution in [1.29, 1.82) is 0 Å². The maximum absolute atomic E-state index is 13.3. The maximum Gasteiger partial charge on any atom is 0.419 e. The van der Waals surface area contributed by atoms with Crippen LogP contribution in [0.15, 0.2) is 18.2 Å². The molecule has 2 unspecified atom stereocenters. The first kappa shape index (κ1) is 15.3. The van der Waals surface area contributed by atoms with Gasteiger partial charge < -0.3 is 5.32 Å². The molecule has 112 valence electrons. The average Bonchev–Trinajstić information content (AvgIpc) is 2.84. The summed E-state index contributed by atoms with van der Waals surface area (Å²) >= 11 is 0. The fourth-order valence-electron chi connectivity index (χ4n) is 2.83. The van der Waals surface area contributed by atoms with E-state index in [4.69, 9.17) is 0 Å². The molecule has 1 aliphatic carbocycles. The van der Waals surface area contributed by atoms with Gasteiger partial charge in [-0.05, 0) is 55.8 Å². The second kappa shape index (κ2) is 6.12. The molecule has 0 radical (unpaired) electrons. The molecule has 0 saturated heterocycles. The number of halogens is 4. The van der Waals surface area contributed by atoms with Gasteiger partial charge in [0, 0.05) is 6.04 Å². The van der Waals surface area contributed by atoms with Crippen LogP contribution in [0.2, 0.25) is 0 Å². The molecule has 0 aromatic heterocycles. The number of rotatable bonds is 4. The largest absolute Gasteiger partial charge is 0.419 e. The smallest absolute Gasteiger partial charge is 0.314 e. The van der Waals surface area contributed by atoms with E-state index in [2.05, 4.69) is 12.2 Å².